The fourth-order valence-corrected chi connectivity index (χ4v) is 2.50. The van der Waals surface area contributed by atoms with E-state index >= 15 is 0 Å². The topological polar surface area (TPSA) is 84.4 Å². The zero-order chi connectivity index (χ0) is 20.1. The molecule has 28 heavy (non-hydrogen) atoms. The van der Waals surface area contributed by atoms with Crippen LogP contribution < -0.4 is 15.4 Å². The normalized spacial score (nSPS) is 11.0. The summed E-state index contributed by atoms with van der Waals surface area (Å²) in [4.78, 5) is 18.3. The molecule has 0 fully saturated rings. The van der Waals surface area contributed by atoms with Crippen LogP contribution in [0, 0.1) is 0 Å². The Labute approximate surface area is 185 Å². The molecule has 1 aromatic carbocycles. The van der Waals surface area contributed by atoms with Crippen LogP contribution >= 0.6 is 24.0 Å². The zero-order valence-electron chi connectivity index (χ0n) is 17.4. The maximum Gasteiger partial charge on any atom is 0.341 e. The van der Waals surface area contributed by atoms with E-state index in [1.165, 1.54) is 14.2 Å². The summed E-state index contributed by atoms with van der Waals surface area (Å²) in [5.74, 6) is 0.771. The molecule has 0 aliphatic carbocycles. The lowest BCUT2D eigenvalue weighted by molar-refractivity contribution is 0.0597. The summed E-state index contributed by atoms with van der Waals surface area (Å²) in [5, 5.41) is 6.52. The molecule has 1 aromatic rings. The molecule has 0 atom stereocenters. The van der Waals surface area contributed by atoms with Gasteiger partial charge in [0.1, 0.15) is 11.3 Å². The van der Waals surface area contributed by atoms with Crippen molar-refractivity contribution in [2.75, 3.05) is 61.7 Å². The van der Waals surface area contributed by atoms with E-state index in [9.17, 15) is 4.79 Å². The van der Waals surface area contributed by atoms with Crippen molar-refractivity contribution in [2.45, 2.75) is 13.0 Å². The molecule has 0 saturated carbocycles. The summed E-state index contributed by atoms with van der Waals surface area (Å²) >= 11 is 0. The van der Waals surface area contributed by atoms with E-state index in [4.69, 9.17) is 14.2 Å². The van der Waals surface area contributed by atoms with Gasteiger partial charge in [-0.3, -0.25) is 4.99 Å². The Morgan fingerprint density at radius 1 is 1.18 bits per heavy atom. The lowest BCUT2D eigenvalue weighted by Gasteiger charge is -2.18. The molecule has 8 nitrogen and oxygen atoms in total. The molecule has 0 aliphatic rings. The number of carbonyl (C=O) groups excluding carboxylic acids is 1. The molecule has 0 spiro atoms. The number of nitrogens with one attached hydrogen (secondary N) is 2. The Morgan fingerprint density at radius 3 is 2.54 bits per heavy atom. The minimum atomic E-state index is -0.423. The van der Waals surface area contributed by atoms with E-state index in [0.717, 1.165) is 38.2 Å². The first-order chi connectivity index (χ1) is 13.0. The second-order valence-electron chi connectivity index (χ2n) is 6.03. The van der Waals surface area contributed by atoms with Gasteiger partial charge in [-0.1, -0.05) is 6.07 Å². The zero-order valence-corrected chi connectivity index (χ0v) is 19.7. The van der Waals surface area contributed by atoms with Crippen molar-refractivity contribution in [3.05, 3.63) is 29.3 Å². The molecule has 2 N–H and O–H groups in total. The summed E-state index contributed by atoms with van der Waals surface area (Å²) in [6, 6.07) is 5.41. The van der Waals surface area contributed by atoms with Gasteiger partial charge in [-0.25, -0.2) is 4.79 Å². The number of hydrogen-bond donors (Lipinski definition) is 2. The Kier molecular flexibility index (Phi) is 14.5. The molecule has 160 valence electrons. The van der Waals surface area contributed by atoms with Crippen molar-refractivity contribution >= 4 is 35.9 Å². The fourth-order valence-electron chi connectivity index (χ4n) is 2.50. The molecular formula is C19H33IN4O4. The van der Waals surface area contributed by atoms with Crippen LogP contribution in [0.15, 0.2) is 23.2 Å². The summed E-state index contributed by atoms with van der Waals surface area (Å²) in [7, 11) is 8.40. The summed E-state index contributed by atoms with van der Waals surface area (Å²) in [5.41, 5.74) is 1.33. The van der Waals surface area contributed by atoms with Crippen molar-refractivity contribution in [3.8, 4) is 5.75 Å². The molecule has 0 aromatic heterocycles. The Morgan fingerprint density at radius 2 is 1.93 bits per heavy atom. The van der Waals surface area contributed by atoms with Crippen LogP contribution in [0.5, 0.6) is 5.75 Å². The number of benzene rings is 1. The van der Waals surface area contributed by atoms with Gasteiger partial charge in [0.2, 0.25) is 0 Å². The number of esters is 1. The van der Waals surface area contributed by atoms with E-state index in [1.54, 1.807) is 26.3 Å². The molecule has 9 heteroatoms. The number of methoxy groups -OCH3 is 3. The number of hydrogen-bond acceptors (Lipinski definition) is 6. The third-order valence-electron chi connectivity index (χ3n) is 4.03. The number of aliphatic imine (C=N–C) groups is 1. The first-order valence-corrected chi connectivity index (χ1v) is 8.92. The standard InChI is InChI=1S/C19H32N4O4.HI/c1-20-19(21-9-11-23(2)10-6-12-25-3)22-14-15-7-8-17(26-4)16(13-15)18(24)27-5;/h7-8,13H,6,9-12,14H2,1-5H3,(H2,20,21,22);1H. The van der Waals surface area contributed by atoms with Crippen LogP contribution in [-0.2, 0) is 16.0 Å². The van der Waals surface area contributed by atoms with E-state index in [0.29, 0.717) is 23.8 Å². The smallest absolute Gasteiger partial charge is 0.341 e. The van der Waals surface area contributed by atoms with Gasteiger partial charge in [-0.05, 0) is 31.2 Å². The van der Waals surface area contributed by atoms with E-state index < -0.39 is 5.97 Å². The van der Waals surface area contributed by atoms with Crippen molar-refractivity contribution in [3.63, 3.8) is 0 Å². The SMILES string of the molecule is CN=C(NCCN(C)CCCOC)NCc1ccc(OC)c(C(=O)OC)c1.I. The number of rotatable bonds is 11. The molecular weight excluding hydrogens is 475 g/mol. The third kappa shape index (κ3) is 9.56. The Bertz CT molecular complexity index is 614. The molecule has 0 heterocycles. The van der Waals surface area contributed by atoms with Crippen LogP contribution in [0.25, 0.3) is 0 Å². The monoisotopic (exact) mass is 508 g/mol. The average Bonchev–Trinajstić information content (AvgIpc) is 2.69. The van der Waals surface area contributed by atoms with Crippen molar-refractivity contribution < 1.29 is 19.0 Å². The van der Waals surface area contributed by atoms with Crippen molar-refractivity contribution in [1.29, 1.82) is 0 Å². The summed E-state index contributed by atoms with van der Waals surface area (Å²) in [6.07, 6.45) is 1.01. The second-order valence-corrected chi connectivity index (χ2v) is 6.03. The van der Waals surface area contributed by atoms with E-state index in [2.05, 4.69) is 27.6 Å². The van der Waals surface area contributed by atoms with Crippen LogP contribution in [0.1, 0.15) is 22.3 Å². The van der Waals surface area contributed by atoms with Gasteiger partial charge in [-0.15, -0.1) is 24.0 Å². The van der Waals surface area contributed by atoms with Crippen LogP contribution in [-0.4, -0.2) is 78.5 Å². The quantitative estimate of drug-likeness (QED) is 0.155. The van der Waals surface area contributed by atoms with Crippen LogP contribution in [0.4, 0.5) is 0 Å². The summed E-state index contributed by atoms with van der Waals surface area (Å²) < 4.78 is 15.1. The number of ether oxygens (including phenoxy) is 3. The second kappa shape index (κ2) is 15.3. The van der Waals surface area contributed by atoms with Crippen molar-refractivity contribution in [2.24, 2.45) is 4.99 Å². The molecule has 0 radical (unpaired) electrons. The molecule has 0 bridgehead atoms. The highest BCUT2D eigenvalue weighted by molar-refractivity contribution is 14.0. The number of halogens is 1. The lowest BCUT2D eigenvalue weighted by Crippen LogP contribution is -2.40. The Balaban J connectivity index is 0.00000729. The molecule has 1 rings (SSSR count). The summed E-state index contributed by atoms with van der Waals surface area (Å²) in [6.45, 7) is 3.97. The van der Waals surface area contributed by atoms with E-state index in [1.807, 2.05) is 6.07 Å². The number of guanidine groups is 1. The molecule has 0 saturated heterocycles. The molecule has 0 unspecified atom stereocenters. The first kappa shape index (κ1) is 26.4. The van der Waals surface area contributed by atoms with Crippen molar-refractivity contribution in [1.82, 2.24) is 15.5 Å². The number of nitrogens with zero attached hydrogens (tertiary/aromatic N) is 2. The highest BCUT2D eigenvalue weighted by atomic mass is 127. The van der Waals surface area contributed by atoms with Gasteiger partial charge in [0.25, 0.3) is 0 Å². The predicted octanol–water partition coefficient (Wildman–Crippen LogP) is 1.73. The fraction of sp³-hybridized carbons (Fsp3) is 0.579. The minimum Gasteiger partial charge on any atom is -0.496 e. The minimum absolute atomic E-state index is 0. The van der Waals surface area contributed by atoms with E-state index in [-0.39, 0.29) is 24.0 Å². The number of carbonyl (C=O) groups is 1. The third-order valence-corrected chi connectivity index (χ3v) is 4.03. The van der Waals surface area contributed by atoms with Crippen LogP contribution in [0.2, 0.25) is 0 Å². The first-order valence-electron chi connectivity index (χ1n) is 8.92. The average molecular weight is 508 g/mol. The van der Waals surface area contributed by atoms with Gasteiger partial charge >= 0.3 is 5.97 Å². The Hall–Kier alpha value is -1.59. The van der Waals surface area contributed by atoms with Crippen LogP contribution in [0.3, 0.4) is 0 Å². The lowest BCUT2D eigenvalue weighted by atomic mass is 10.1. The van der Waals surface area contributed by atoms with Gasteiger partial charge < -0.3 is 29.7 Å². The van der Waals surface area contributed by atoms with Gasteiger partial charge in [0, 0.05) is 46.9 Å². The largest absolute Gasteiger partial charge is 0.496 e. The molecule has 0 aliphatic heterocycles. The van der Waals surface area contributed by atoms with Gasteiger partial charge in [0.05, 0.1) is 14.2 Å². The highest BCUT2D eigenvalue weighted by Gasteiger charge is 2.13. The maximum absolute atomic E-state index is 11.9. The predicted molar refractivity (Wildman–Crippen MR) is 122 cm³/mol. The van der Waals surface area contributed by atoms with Gasteiger partial charge in [-0.2, -0.15) is 0 Å². The highest BCUT2D eigenvalue weighted by Crippen LogP contribution is 2.20. The number of likely N-dealkylation sites (N-methyl/N-ethyl adjacent to an activating group) is 1. The van der Waals surface area contributed by atoms with Gasteiger partial charge in [0.15, 0.2) is 5.96 Å². The maximum atomic E-state index is 11.9. The molecule has 0 amide bonds.